The molecule has 0 aliphatic rings. The van der Waals surface area contributed by atoms with Crippen LogP contribution in [-0.4, -0.2) is 23.8 Å². The number of carboxylic acids is 1. The summed E-state index contributed by atoms with van der Waals surface area (Å²) in [6.07, 6.45) is 5.09. The molecule has 112 valence electrons. The van der Waals surface area contributed by atoms with E-state index in [0.29, 0.717) is 13.0 Å². The minimum atomic E-state index is -0.879. The van der Waals surface area contributed by atoms with Crippen molar-refractivity contribution >= 4 is 5.97 Å². The molecule has 1 atom stereocenters. The Labute approximate surface area is 122 Å². The van der Waals surface area contributed by atoms with Gasteiger partial charge in [0.05, 0.1) is 0 Å². The fourth-order valence-electron chi connectivity index (χ4n) is 2.02. The number of unbranched alkanes of at least 4 members (excludes halogenated alkanes) is 2. The van der Waals surface area contributed by atoms with Crippen molar-refractivity contribution in [1.82, 2.24) is 0 Å². The van der Waals surface area contributed by atoms with Crippen molar-refractivity contribution < 1.29 is 14.6 Å². The Morgan fingerprint density at radius 3 is 2.25 bits per heavy atom. The third kappa shape index (κ3) is 6.20. The van der Waals surface area contributed by atoms with Crippen molar-refractivity contribution in [2.45, 2.75) is 58.5 Å². The summed E-state index contributed by atoms with van der Waals surface area (Å²) in [4.78, 5) is 11.2. The average Bonchev–Trinajstić information content (AvgIpc) is 2.45. The Morgan fingerprint density at radius 1 is 1.10 bits per heavy atom. The van der Waals surface area contributed by atoms with Crippen LogP contribution in [0.4, 0.5) is 0 Å². The second kappa shape index (κ2) is 9.54. The highest BCUT2D eigenvalue weighted by atomic mass is 16.5. The molecule has 0 amide bonds. The maximum atomic E-state index is 11.2. The molecule has 0 spiro atoms. The maximum absolute atomic E-state index is 11.2. The van der Waals surface area contributed by atoms with Crippen LogP contribution in [0.25, 0.3) is 0 Å². The summed E-state index contributed by atoms with van der Waals surface area (Å²) in [5.41, 5.74) is 2.34. The Kier molecular flexibility index (Phi) is 7.97. The van der Waals surface area contributed by atoms with Gasteiger partial charge in [0.1, 0.15) is 0 Å². The smallest absolute Gasteiger partial charge is 0.333 e. The predicted octanol–water partition coefficient (Wildman–Crippen LogP) is 3.84. The van der Waals surface area contributed by atoms with E-state index in [1.165, 1.54) is 18.4 Å². The summed E-state index contributed by atoms with van der Waals surface area (Å²) in [6.45, 7) is 4.76. The highest BCUT2D eigenvalue weighted by molar-refractivity contribution is 5.72. The van der Waals surface area contributed by atoms with Crippen LogP contribution in [0.15, 0.2) is 24.3 Å². The van der Waals surface area contributed by atoms with Crippen LogP contribution < -0.4 is 0 Å². The summed E-state index contributed by atoms with van der Waals surface area (Å²) in [5, 5.41) is 9.18. The van der Waals surface area contributed by atoms with E-state index in [2.05, 4.69) is 26.0 Å². The van der Waals surface area contributed by atoms with Gasteiger partial charge in [0.15, 0.2) is 6.10 Å². The van der Waals surface area contributed by atoms with Crippen LogP contribution in [-0.2, 0) is 22.4 Å². The monoisotopic (exact) mass is 278 g/mol. The van der Waals surface area contributed by atoms with Gasteiger partial charge < -0.3 is 9.84 Å². The third-order valence-corrected chi connectivity index (χ3v) is 3.36. The van der Waals surface area contributed by atoms with Crippen molar-refractivity contribution in [3.05, 3.63) is 35.4 Å². The van der Waals surface area contributed by atoms with E-state index < -0.39 is 12.1 Å². The molecule has 0 fully saturated rings. The molecule has 1 aromatic rings. The van der Waals surface area contributed by atoms with Crippen molar-refractivity contribution in [1.29, 1.82) is 0 Å². The first-order valence-electron chi connectivity index (χ1n) is 7.59. The second-order valence-corrected chi connectivity index (χ2v) is 5.18. The van der Waals surface area contributed by atoms with Crippen LogP contribution in [0.1, 0.15) is 50.7 Å². The lowest BCUT2D eigenvalue weighted by Gasteiger charge is -2.13. The summed E-state index contributed by atoms with van der Waals surface area (Å²) in [5.74, 6) is -0.879. The van der Waals surface area contributed by atoms with Crippen LogP contribution in [0.2, 0.25) is 0 Å². The van der Waals surface area contributed by atoms with E-state index >= 15 is 0 Å². The molecule has 0 radical (unpaired) electrons. The molecule has 0 aromatic heterocycles. The van der Waals surface area contributed by atoms with E-state index in [1.54, 1.807) is 0 Å². The molecular formula is C17H26O3. The third-order valence-electron chi connectivity index (χ3n) is 3.36. The van der Waals surface area contributed by atoms with Gasteiger partial charge >= 0.3 is 5.97 Å². The fraction of sp³-hybridized carbons (Fsp3) is 0.588. The van der Waals surface area contributed by atoms with Crippen molar-refractivity contribution in [2.75, 3.05) is 6.61 Å². The van der Waals surface area contributed by atoms with Gasteiger partial charge in [0, 0.05) is 13.0 Å². The molecular weight excluding hydrogens is 252 g/mol. The molecule has 20 heavy (non-hydrogen) atoms. The van der Waals surface area contributed by atoms with Crippen LogP contribution in [0, 0.1) is 0 Å². The second-order valence-electron chi connectivity index (χ2n) is 5.18. The van der Waals surface area contributed by atoms with Gasteiger partial charge in [0.25, 0.3) is 0 Å². The van der Waals surface area contributed by atoms with Gasteiger partial charge in [-0.15, -0.1) is 0 Å². The lowest BCUT2D eigenvalue weighted by atomic mass is 10.0. The first-order valence-corrected chi connectivity index (χ1v) is 7.59. The van der Waals surface area contributed by atoms with Gasteiger partial charge in [0.2, 0.25) is 0 Å². The van der Waals surface area contributed by atoms with Crippen molar-refractivity contribution in [3.63, 3.8) is 0 Å². The zero-order valence-corrected chi connectivity index (χ0v) is 12.6. The van der Waals surface area contributed by atoms with Gasteiger partial charge in [-0.25, -0.2) is 4.79 Å². The highest BCUT2D eigenvalue weighted by Gasteiger charge is 2.18. The topological polar surface area (TPSA) is 46.5 Å². The molecule has 0 bridgehead atoms. The number of ether oxygens (including phenoxy) is 1. The Morgan fingerprint density at radius 2 is 1.70 bits per heavy atom. The Hall–Kier alpha value is -1.35. The lowest BCUT2D eigenvalue weighted by Crippen LogP contribution is -2.26. The number of hydrogen-bond donors (Lipinski definition) is 1. The van der Waals surface area contributed by atoms with E-state index in [0.717, 1.165) is 24.8 Å². The van der Waals surface area contributed by atoms with E-state index in [-0.39, 0.29) is 0 Å². The molecule has 1 N–H and O–H groups in total. The summed E-state index contributed by atoms with van der Waals surface area (Å²) in [6, 6.07) is 8.22. The zero-order chi connectivity index (χ0) is 14.8. The normalized spacial score (nSPS) is 12.3. The SMILES string of the molecule is CCCCO[C@H](Cc1ccc(CCCC)cc1)C(=O)O. The van der Waals surface area contributed by atoms with Crippen LogP contribution >= 0.6 is 0 Å². The first kappa shape index (κ1) is 16.7. The maximum Gasteiger partial charge on any atom is 0.333 e. The summed E-state index contributed by atoms with van der Waals surface area (Å²) < 4.78 is 5.44. The molecule has 0 aliphatic heterocycles. The summed E-state index contributed by atoms with van der Waals surface area (Å²) >= 11 is 0. The Balaban J connectivity index is 2.52. The predicted molar refractivity (Wildman–Crippen MR) is 81.0 cm³/mol. The number of carboxylic acid groups (broad SMARTS) is 1. The molecule has 1 rings (SSSR count). The molecule has 0 saturated heterocycles. The van der Waals surface area contributed by atoms with Crippen molar-refractivity contribution in [3.8, 4) is 0 Å². The molecule has 0 saturated carbocycles. The quantitative estimate of drug-likeness (QED) is 0.661. The highest BCUT2D eigenvalue weighted by Crippen LogP contribution is 2.11. The van der Waals surface area contributed by atoms with Gasteiger partial charge in [-0.2, -0.15) is 0 Å². The van der Waals surface area contributed by atoms with E-state index in [1.807, 2.05) is 12.1 Å². The molecule has 3 heteroatoms. The van der Waals surface area contributed by atoms with Crippen molar-refractivity contribution in [2.24, 2.45) is 0 Å². The minimum Gasteiger partial charge on any atom is -0.479 e. The van der Waals surface area contributed by atoms with Gasteiger partial charge in [-0.3, -0.25) is 0 Å². The largest absolute Gasteiger partial charge is 0.479 e. The first-order chi connectivity index (χ1) is 9.67. The summed E-state index contributed by atoms with van der Waals surface area (Å²) in [7, 11) is 0. The van der Waals surface area contributed by atoms with Crippen LogP contribution in [0.5, 0.6) is 0 Å². The fourth-order valence-corrected chi connectivity index (χ4v) is 2.02. The average molecular weight is 278 g/mol. The van der Waals surface area contributed by atoms with Crippen LogP contribution in [0.3, 0.4) is 0 Å². The standard InChI is InChI=1S/C17H26O3/c1-3-5-7-14-8-10-15(11-9-14)13-16(17(18)19)20-12-6-4-2/h8-11,16H,3-7,12-13H2,1-2H3,(H,18,19)/t16-/m1/s1. The zero-order valence-electron chi connectivity index (χ0n) is 12.6. The van der Waals surface area contributed by atoms with Gasteiger partial charge in [-0.05, 0) is 30.4 Å². The van der Waals surface area contributed by atoms with Gasteiger partial charge in [-0.1, -0.05) is 51.0 Å². The number of aliphatic carboxylic acids is 1. The molecule has 0 heterocycles. The molecule has 3 nitrogen and oxygen atoms in total. The molecule has 1 aromatic carbocycles. The molecule has 0 unspecified atom stereocenters. The lowest BCUT2D eigenvalue weighted by molar-refractivity contribution is -0.150. The van der Waals surface area contributed by atoms with E-state index in [4.69, 9.17) is 4.74 Å². The number of benzene rings is 1. The number of hydrogen-bond acceptors (Lipinski definition) is 2. The van der Waals surface area contributed by atoms with E-state index in [9.17, 15) is 9.90 Å². The molecule has 0 aliphatic carbocycles. The number of aryl methyl sites for hydroxylation is 1. The Bertz CT molecular complexity index is 384. The minimum absolute atomic E-state index is 0.438. The number of rotatable bonds is 10. The number of carbonyl (C=O) groups is 1.